The summed E-state index contributed by atoms with van der Waals surface area (Å²) >= 11 is 0. The smallest absolute Gasteiger partial charge is 0.233 e. The normalized spacial score (nSPS) is 30.5. The third-order valence-electron chi connectivity index (χ3n) is 5.75. The van der Waals surface area contributed by atoms with Crippen LogP contribution >= 0.6 is 0 Å². The molecule has 0 bridgehead atoms. The Bertz CT molecular complexity index is 659. The van der Waals surface area contributed by atoms with Crippen molar-refractivity contribution in [2.45, 2.75) is 46.5 Å². The van der Waals surface area contributed by atoms with Gasteiger partial charge in [0.2, 0.25) is 11.6 Å². The molecule has 3 heteroatoms. The first-order valence-corrected chi connectivity index (χ1v) is 8.09. The molecule has 0 spiro atoms. The molecule has 1 fully saturated rings. The number of hydrogen-bond donors (Lipinski definition) is 0. The minimum Gasteiger partial charge on any atom is -0.496 e. The van der Waals surface area contributed by atoms with Crippen molar-refractivity contribution in [3.05, 3.63) is 28.8 Å². The Hall–Kier alpha value is -1.64. The molecule has 118 valence electrons. The second-order valence-corrected chi connectivity index (χ2v) is 7.43. The fourth-order valence-corrected chi connectivity index (χ4v) is 4.61. The number of carbonyl (C=O) groups is 2. The lowest BCUT2D eigenvalue weighted by atomic mass is 9.62. The monoisotopic (exact) mass is 300 g/mol. The van der Waals surface area contributed by atoms with Gasteiger partial charge in [0.25, 0.3) is 0 Å². The molecule has 0 saturated heterocycles. The summed E-state index contributed by atoms with van der Waals surface area (Å²) in [5, 5.41) is 0. The second-order valence-electron chi connectivity index (χ2n) is 7.43. The van der Waals surface area contributed by atoms with Gasteiger partial charge in [0.05, 0.1) is 12.7 Å². The van der Waals surface area contributed by atoms with E-state index in [0.717, 1.165) is 24.0 Å². The van der Waals surface area contributed by atoms with Gasteiger partial charge in [-0.15, -0.1) is 0 Å². The van der Waals surface area contributed by atoms with Gasteiger partial charge in [-0.05, 0) is 48.8 Å². The Labute approximate surface area is 132 Å². The van der Waals surface area contributed by atoms with Crippen LogP contribution in [0.25, 0.3) is 0 Å². The third-order valence-corrected chi connectivity index (χ3v) is 5.75. The fourth-order valence-electron chi connectivity index (χ4n) is 4.61. The summed E-state index contributed by atoms with van der Waals surface area (Å²) in [6.45, 7) is 8.42. The Morgan fingerprint density at radius 1 is 1.27 bits per heavy atom. The van der Waals surface area contributed by atoms with E-state index in [-0.39, 0.29) is 17.5 Å². The van der Waals surface area contributed by atoms with Crippen LogP contribution in [0.4, 0.5) is 0 Å². The molecule has 22 heavy (non-hydrogen) atoms. The van der Waals surface area contributed by atoms with Gasteiger partial charge in [-0.25, -0.2) is 0 Å². The zero-order valence-corrected chi connectivity index (χ0v) is 14.0. The number of hydrogen-bond acceptors (Lipinski definition) is 3. The van der Waals surface area contributed by atoms with Crippen LogP contribution in [0.2, 0.25) is 0 Å². The van der Waals surface area contributed by atoms with E-state index in [0.29, 0.717) is 23.1 Å². The van der Waals surface area contributed by atoms with E-state index in [9.17, 15) is 9.59 Å². The molecular weight excluding hydrogens is 276 g/mol. The molecule has 2 aliphatic carbocycles. The first kappa shape index (κ1) is 15.3. The van der Waals surface area contributed by atoms with Gasteiger partial charge < -0.3 is 4.74 Å². The Kier molecular flexibility index (Phi) is 3.42. The highest BCUT2D eigenvalue weighted by molar-refractivity contribution is 6.47. The van der Waals surface area contributed by atoms with Crippen molar-refractivity contribution in [1.82, 2.24) is 0 Å². The molecule has 1 saturated carbocycles. The molecule has 1 aromatic rings. The van der Waals surface area contributed by atoms with Crippen molar-refractivity contribution in [2.24, 2.45) is 17.3 Å². The SMILES string of the molecule is COc1cc(C)cc2c1C(=O)C(=O)[C@]1(C)CC[C@@H](C(C)C)[C@H]21. The predicted octanol–water partition coefficient (Wildman–Crippen LogP) is 3.92. The molecule has 0 unspecified atom stereocenters. The Morgan fingerprint density at radius 3 is 2.55 bits per heavy atom. The van der Waals surface area contributed by atoms with Gasteiger partial charge in [-0.2, -0.15) is 0 Å². The Morgan fingerprint density at radius 2 is 1.95 bits per heavy atom. The topological polar surface area (TPSA) is 43.4 Å². The Balaban J connectivity index is 2.29. The highest BCUT2D eigenvalue weighted by Gasteiger charge is 2.57. The summed E-state index contributed by atoms with van der Waals surface area (Å²) in [4.78, 5) is 25.5. The zero-order chi connectivity index (χ0) is 16.2. The summed E-state index contributed by atoms with van der Waals surface area (Å²) in [6.07, 6.45) is 1.81. The standard InChI is InChI=1S/C19H24O3/c1-10(2)12-6-7-19(4)16(12)13-8-11(3)9-14(22-5)15(13)17(20)18(19)21/h8-10,12,16H,6-7H2,1-5H3/t12-,16+,19+/m0/s1. The maximum atomic E-state index is 12.8. The van der Waals surface area contributed by atoms with Crippen LogP contribution in [0, 0.1) is 24.2 Å². The summed E-state index contributed by atoms with van der Waals surface area (Å²) < 4.78 is 5.42. The average molecular weight is 300 g/mol. The second kappa shape index (κ2) is 4.94. The van der Waals surface area contributed by atoms with Crippen LogP contribution in [-0.2, 0) is 4.79 Å². The van der Waals surface area contributed by atoms with E-state index >= 15 is 0 Å². The summed E-state index contributed by atoms with van der Waals surface area (Å²) in [5.41, 5.74) is 2.07. The molecule has 0 N–H and O–H groups in total. The number of aryl methyl sites for hydroxylation is 1. The number of Topliss-reactive ketones (excluding diaryl/α,β-unsaturated/α-hetero) is 2. The van der Waals surface area contributed by atoms with Crippen molar-refractivity contribution >= 4 is 11.6 Å². The number of benzene rings is 1. The quantitative estimate of drug-likeness (QED) is 0.777. The third kappa shape index (κ3) is 1.87. The lowest BCUT2D eigenvalue weighted by molar-refractivity contribution is -0.124. The lowest BCUT2D eigenvalue weighted by Gasteiger charge is -2.39. The van der Waals surface area contributed by atoms with E-state index in [1.165, 1.54) is 0 Å². The van der Waals surface area contributed by atoms with Crippen LogP contribution in [0.1, 0.15) is 61.0 Å². The van der Waals surface area contributed by atoms with Crippen molar-refractivity contribution in [1.29, 1.82) is 0 Å². The summed E-state index contributed by atoms with van der Waals surface area (Å²) in [7, 11) is 1.56. The van der Waals surface area contributed by atoms with Crippen molar-refractivity contribution in [2.75, 3.05) is 7.11 Å². The average Bonchev–Trinajstić information content (AvgIpc) is 2.83. The van der Waals surface area contributed by atoms with E-state index in [1.54, 1.807) is 7.11 Å². The molecule has 0 aromatic heterocycles. The molecule has 0 heterocycles. The van der Waals surface area contributed by atoms with E-state index in [1.807, 2.05) is 19.9 Å². The van der Waals surface area contributed by atoms with Crippen LogP contribution in [-0.4, -0.2) is 18.7 Å². The summed E-state index contributed by atoms with van der Waals surface area (Å²) in [6, 6.07) is 3.94. The number of ether oxygens (including phenoxy) is 1. The minimum atomic E-state index is -0.544. The van der Waals surface area contributed by atoms with E-state index in [4.69, 9.17) is 4.74 Å². The van der Waals surface area contributed by atoms with Gasteiger partial charge in [0.15, 0.2) is 0 Å². The van der Waals surface area contributed by atoms with Gasteiger partial charge in [0, 0.05) is 11.3 Å². The molecule has 3 nitrogen and oxygen atoms in total. The van der Waals surface area contributed by atoms with Crippen molar-refractivity contribution < 1.29 is 14.3 Å². The number of rotatable bonds is 2. The van der Waals surface area contributed by atoms with E-state index < -0.39 is 5.41 Å². The maximum absolute atomic E-state index is 12.8. The predicted molar refractivity (Wildman–Crippen MR) is 85.5 cm³/mol. The number of carbonyl (C=O) groups excluding carboxylic acids is 2. The van der Waals surface area contributed by atoms with Gasteiger partial charge >= 0.3 is 0 Å². The van der Waals surface area contributed by atoms with Crippen LogP contribution in [0.3, 0.4) is 0 Å². The van der Waals surface area contributed by atoms with E-state index in [2.05, 4.69) is 19.9 Å². The van der Waals surface area contributed by atoms with Crippen LogP contribution < -0.4 is 4.74 Å². The molecule has 0 aliphatic heterocycles. The first-order chi connectivity index (χ1) is 10.3. The maximum Gasteiger partial charge on any atom is 0.233 e. The van der Waals surface area contributed by atoms with Gasteiger partial charge in [0.1, 0.15) is 5.75 Å². The number of ketones is 2. The fraction of sp³-hybridized carbons (Fsp3) is 0.579. The minimum absolute atomic E-state index is 0.126. The summed E-state index contributed by atoms with van der Waals surface area (Å²) in [5.74, 6) is 1.01. The molecule has 3 rings (SSSR count). The largest absolute Gasteiger partial charge is 0.496 e. The molecule has 3 atom stereocenters. The molecule has 1 aromatic carbocycles. The molecule has 2 aliphatic rings. The number of fused-ring (bicyclic) bond motifs is 3. The van der Waals surface area contributed by atoms with Crippen molar-refractivity contribution in [3.63, 3.8) is 0 Å². The first-order valence-electron chi connectivity index (χ1n) is 8.09. The zero-order valence-electron chi connectivity index (χ0n) is 14.0. The van der Waals surface area contributed by atoms with Crippen molar-refractivity contribution in [3.8, 4) is 5.75 Å². The van der Waals surface area contributed by atoms with Gasteiger partial charge in [-0.1, -0.05) is 26.8 Å². The molecule has 0 amide bonds. The lowest BCUT2D eigenvalue weighted by Crippen LogP contribution is -2.43. The number of methoxy groups -OCH3 is 1. The van der Waals surface area contributed by atoms with Crippen LogP contribution in [0.5, 0.6) is 5.75 Å². The molecule has 0 radical (unpaired) electrons. The van der Waals surface area contributed by atoms with Crippen LogP contribution in [0.15, 0.2) is 12.1 Å². The molecular formula is C19H24O3. The van der Waals surface area contributed by atoms with Gasteiger partial charge in [-0.3, -0.25) is 9.59 Å². The highest BCUT2D eigenvalue weighted by atomic mass is 16.5. The highest BCUT2D eigenvalue weighted by Crippen LogP contribution is 2.59.